The minimum Gasteiger partial charge on any atom is -0.456 e. The number of rotatable bonds is 15. The Labute approximate surface area is 450 Å². The van der Waals surface area contributed by atoms with Crippen LogP contribution in [-0.4, -0.2) is 117 Å². The molecule has 0 saturated carbocycles. The number of nitrogens with two attached hydrogens (primary N) is 1. The quantitative estimate of drug-likeness (QED) is 0.0445. The lowest BCUT2D eigenvalue weighted by Gasteiger charge is -2.48. The molecule has 2 fully saturated rings. The van der Waals surface area contributed by atoms with Crippen LogP contribution in [0.1, 0.15) is 132 Å². The maximum Gasteiger partial charge on any atom is 0.325 e. The van der Waals surface area contributed by atoms with Gasteiger partial charge in [0.25, 0.3) is 5.91 Å². The third-order valence-corrected chi connectivity index (χ3v) is 15.8. The van der Waals surface area contributed by atoms with Crippen LogP contribution < -0.4 is 27.1 Å². The molecular formula is C59H88N6O11. The van der Waals surface area contributed by atoms with E-state index in [0.717, 1.165) is 18.4 Å². The molecule has 0 aromatic heterocycles. The van der Waals surface area contributed by atoms with Crippen molar-refractivity contribution in [2.24, 2.45) is 41.4 Å². The molecular weight excluding hydrogens is 969 g/mol. The van der Waals surface area contributed by atoms with Crippen molar-refractivity contribution in [3.63, 3.8) is 0 Å². The number of hydrazine groups is 1. The summed E-state index contributed by atoms with van der Waals surface area (Å²) in [6, 6.07) is 3.70. The lowest BCUT2D eigenvalue weighted by atomic mass is 9.78. The van der Waals surface area contributed by atoms with Crippen molar-refractivity contribution in [3.05, 3.63) is 90.1 Å². The SMILES string of the molecule is CC[C@H]1C[C@H](C)[C@@]2(C=C[C@@H](C)[C@H](C[C@H](O)[C@@H](C)CC/C=C/C=C(\C)[C@@H]3C/C=C/C=C/[C@H](O)[C@H](C)[C@@H](O)[C@@H](CCC(C)=O)C(=O)N[C@@H](C(C)C)C(=O)N[C@@H](Cc4cccc(N)c4)C(=O)N4CCCC(N4)C(=O)O3)O2)NC1=O. The van der Waals surface area contributed by atoms with Crippen LogP contribution in [0.4, 0.5) is 5.69 Å². The van der Waals surface area contributed by atoms with Crippen molar-refractivity contribution in [1.82, 2.24) is 26.4 Å². The summed E-state index contributed by atoms with van der Waals surface area (Å²) < 4.78 is 12.8. The zero-order chi connectivity index (χ0) is 55.9. The summed E-state index contributed by atoms with van der Waals surface area (Å²) in [6.07, 6.45) is 16.5. The van der Waals surface area contributed by atoms with E-state index in [1.807, 2.05) is 45.1 Å². The number of nitrogens with zero attached hydrogens (tertiary/aromatic N) is 1. The number of esters is 1. The Hall–Kier alpha value is -5.46. The third kappa shape index (κ3) is 17.0. The molecule has 76 heavy (non-hydrogen) atoms. The number of carbonyl (C=O) groups is 6. The highest BCUT2D eigenvalue weighted by molar-refractivity contribution is 5.93. The van der Waals surface area contributed by atoms with Gasteiger partial charge in [0.1, 0.15) is 30.0 Å². The number of aliphatic hydroxyl groups is 3. The molecule has 4 aliphatic rings. The molecule has 0 radical (unpaired) electrons. The standard InChI is InChI=1S/C59H88N6O11/c1-10-43-31-39(7)59(63-54(43)70)29-28-38(6)51(76-59)34-49(68)36(4)19-13-11-14-20-37(5)50-25-16-12-15-24-48(67)41(9)53(69)45(27-26-40(8)66)55(71)62-52(35(2)3)56(72)61-47(33-42-21-17-22-44(60)32-42)57(73)65-30-18-23-46(64-65)58(74)75-50/h11-12,14-17,20-22,24,28-29,32,35-36,38-39,41,43,45-53,64,67-69H,10,13,18-19,23,25-27,30-31,33-34,60H2,1-9H3,(H,61,72)(H,62,71)(H,63,70)/b14-11+,16-12+,24-15+,37-20+/t36-,38+,39-,41-,43-,45+,46?,47-,48-,49-,50-,51-,52-,53+,59-/m0/s1. The highest BCUT2D eigenvalue weighted by Crippen LogP contribution is 2.39. The molecule has 0 aliphatic carbocycles. The fourth-order valence-electron chi connectivity index (χ4n) is 10.4. The molecule has 4 heterocycles. The summed E-state index contributed by atoms with van der Waals surface area (Å²) in [5.41, 5.74) is 10.2. The highest BCUT2D eigenvalue weighted by Gasteiger charge is 2.48. The highest BCUT2D eigenvalue weighted by atomic mass is 16.5. The van der Waals surface area contributed by atoms with E-state index < -0.39 is 89.7 Å². The van der Waals surface area contributed by atoms with Gasteiger partial charge in [-0.3, -0.25) is 29.0 Å². The summed E-state index contributed by atoms with van der Waals surface area (Å²) >= 11 is 0. The Kier molecular flexibility index (Phi) is 23.2. The van der Waals surface area contributed by atoms with E-state index in [0.29, 0.717) is 43.4 Å². The molecule has 15 atom stereocenters. The van der Waals surface area contributed by atoms with Crippen molar-refractivity contribution >= 4 is 41.1 Å². The summed E-state index contributed by atoms with van der Waals surface area (Å²) in [7, 11) is 0. The third-order valence-electron chi connectivity index (χ3n) is 15.8. The van der Waals surface area contributed by atoms with Gasteiger partial charge in [0.15, 0.2) is 5.72 Å². The number of Topliss-reactive ketones (excluding diaryl/α,β-unsaturated/α-hetero) is 1. The van der Waals surface area contributed by atoms with Gasteiger partial charge in [-0.15, -0.1) is 0 Å². The lowest BCUT2D eigenvalue weighted by Crippen LogP contribution is -2.62. The molecule has 4 amide bonds. The minimum atomic E-state index is -1.41. The number of hydrogen-bond acceptors (Lipinski definition) is 13. The molecule has 1 unspecified atom stereocenters. The topological polar surface area (TPSA) is 259 Å². The Bertz CT molecular complexity index is 2310. The number of benzene rings is 1. The molecule has 420 valence electrons. The summed E-state index contributed by atoms with van der Waals surface area (Å²) in [6.45, 7) is 16.7. The van der Waals surface area contributed by atoms with Crippen molar-refractivity contribution < 1.29 is 53.6 Å². The van der Waals surface area contributed by atoms with E-state index in [-0.39, 0.29) is 73.7 Å². The number of aliphatic hydroxyl groups excluding tert-OH is 3. The predicted octanol–water partition coefficient (Wildman–Crippen LogP) is 5.84. The zero-order valence-electron chi connectivity index (χ0n) is 46.3. The van der Waals surface area contributed by atoms with Crippen LogP contribution in [-0.2, 0) is 44.7 Å². The second kappa shape index (κ2) is 28.8. The van der Waals surface area contributed by atoms with E-state index in [4.69, 9.17) is 15.2 Å². The largest absolute Gasteiger partial charge is 0.456 e. The molecule has 1 spiro atoms. The van der Waals surface area contributed by atoms with Crippen LogP contribution in [0.3, 0.4) is 0 Å². The van der Waals surface area contributed by atoms with E-state index in [1.165, 1.54) is 18.0 Å². The van der Waals surface area contributed by atoms with Gasteiger partial charge in [0.2, 0.25) is 17.7 Å². The molecule has 17 nitrogen and oxygen atoms in total. The average molecular weight is 1060 g/mol. The van der Waals surface area contributed by atoms with Gasteiger partial charge in [-0.1, -0.05) is 109 Å². The van der Waals surface area contributed by atoms with Crippen molar-refractivity contribution in [2.45, 2.75) is 187 Å². The molecule has 9 N–H and O–H groups in total. The second-order valence-electron chi connectivity index (χ2n) is 22.3. The molecule has 4 aliphatic heterocycles. The van der Waals surface area contributed by atoms with Gasteiger partial charge in [0, 0.05) is 61.6 Å². The second-order valence-corrected chi connectivity index (χ2v) is 22.3. The normalized spacial score (nSPS) is 33.4. The molecule has 17 heteroatoms. The van der Waals surface area contributed by atoms with E-state index >= 15 is 0 Å². The molecule has 2 bridgehead atoms. The number of nitrogens with one attached hydrogen (secondary N) is 4. The van der Waals surface area contributed by atoms with Gasteiger partial charge in [-0.05, 0) is 100.0 Å². The summed E-state index contributed by atoms with van der Waals surface area (Å²) in [4.78, 5) is 82.0. The first kappa shape index (κ1) is 61.4. The Morgan fingerprint density at radius 3 is 2.45 bits per heavy atom. The predicted molar refractivity (Wildman–Crippen MR) is 292 cm³/mol. The Morgan fingerprint density at radius 1 is 1.00 bits per heavy atom. The maximum absolute atomic E-state index is 14.5. The van der Waals surface area contributed by atoms with Crippen LogP contribution >= 0.6 is 0 Å². The maximum atomic E-state index is 14.5. The summed E-state index contributed by atoms with van der Waals surface area (Å²) in [5, 5.41) is 44.4. The first-order valence-electron chi connectivity index (χ1n) is 27.7. The fourth-order valence-corrected chi connectivity index (χ4v) is 10.4. The molecule has 1 aromatic carbocycles. The van der Waals surface area contributed by atoms with E-state index in [9.17, 15) is 44.1 Å². The smallest absolute Gasteiger partial charge is 0.325 e. The number of piperidine rings is 1. The van der Waals surface area contributed by atoms with Crippen molar-refractivity contribution in [3.8, 4) is 0 Å². The molecule has 1 aromatic rings. The number of amides is 4. The Balaban J connectivity index is 1.34. The number of ether oxygens (including phenoxy) is 2. The number of nitrogen functional groups attached to an aromatic ring is 1. The number of hydrogen-bond donors (Lipinski definition) is 8. The van der Waals surface area contributed by atoms with E-state index in [2.05, 4.69) is 41.3 Å². The number of anilines is 1. The average Bonchev–Trinajstić information content (AvgIpc) is 3.38. The minimum absolute atomic E-state index is 0.00359. The van der Waals surface area contributed by atoms with Crippen LogP contribution in [0, 0.1) is 41.4 Å². The number of cyclic esters (lactones) is 1. The first-order valence-corrected chi connectivity index (χ1v) is 27.7. The van der Waals surface area contributed by atoms with E-state index in [1.54, 1.807) is 63.3 Å². The van der Waals surface area contributed by atoms with Crippen LogP contribution in [0.25, 0.3) is 0 Å². The number of fused-ring (bicyclic) bond motifs is 2. The molecule has 5 rings (SSSR count). The van der Waals surface area contributed by atoms with Crippen LogP contribution in [0.15, 0.2) is 84.5 Å². The lowest BCUT2D eigenvalue weighted by molar-refractivity contribution is -0.174. The monoisotopic (exact) mass is 1060 g/mol. The van der Waals surface area contributed by atoms with Crippen molar-refractivity contribution in [2.75, 3.05) is 12.3 Å². The van der Waals surface area contributed by atoms with Gasteiger partial charge in [-0.2, -0.15) is 0 Å². The summed E-state index contributed by atoms with van der Waals surface area (Å²) in [5.74, 6) is -5.08. The fraction of sp³-hybridized carbons (Fsp3) is 0.627. The zero-order valence-corrected chi connectivity index (χ0v) is 46.3. The number of ketones is 1. The van der Waals surface area contributed by atoms with Crippen molar-refractivity contribution in [1.29, 1.82) is 0 Å². The Morgan fingerprint density at radius 2 is 1.75 bits per heavy atom. The number of carbonyl (C=O) groups excluding carboxylic acids is 6. The van der Waals surface area contributed by atoms with Crippen LogP contribution in [0.2, 0.25) is 0 Å². The molecule has 2 saturated heterocycles. The number of allylic oxidation sites excluding steroid dienone is 5. The first-order chi connectivity index (χ1) is 36.0. The van der Waals surface area contributed by atoms with Gasteiger partial charge in [-0.25, -0.2) is 5.43 Å². The van der Waals surface area contributed by atoms with Gasteiger partial charge < -0.3 is 51.3 Å². The van der Waals surface area contributed by atoms with Gasteiger partial charge >= 0.3 is 5.97 Å². The van der Waals surface area contributed by atoms with Crippen LogP contribution in [0.5, 0.6) is 0 Å². The van der Waals surface area contributed by atoms with Gasteiger partial charge in [0.05, 0.1) is 30.3 Å².